The summed E-state index contributed by atoms with van der Waals surface area (Å²) in [4.78, 5) is 0. The predicted molar refractivity (Wildman–Crippen MR) is 124 cm³/mol. The molecule has 0 fully saturated rings. The molecule has 0 amide bonds. The quantitative estimate of drug-likeness (QED) is 0.292. The Kier molecular flexibility index (Phi) is 4.56. The lowest BCUT2D eigenvalue weighted by Gasteiger charge is -1.97. The van der Waals surface area contributed by atoms with Gasteiger partial charge in [-0.25, -0.2) is 0 Å². The highest BCUT2D eigenvalue weighted by Crippen LogP contribution is 2.31. The van der Waals surface area contributed by atoms with E-state index >= 15 is 0 Å². The molecule has 0 aliphatic carbocycles. The summed E-state index contributed by atoms with van der Waals surface area (Å²) in [5.74, 6) is 0. The van der Waals surface area contributed by atoms with Crippen LogP contribution in [0.3, 0.4) is 0 Å². The monoisotopic (exact) mass is 372 g/mol. The zero-order valence-electron chi connectivity index (χ0n) is 16.0. The second kappa shape index (κ2) is 7.65. The van der Waals surface area contributed by atoms with Crippen LogP contribution >= 0.6 is 0 Å². The maximum atomic E-state index is 6.04. The van der Waals surface area contributed by atoms with Gasteiger partial charge in [0.1, 0.15) is 11.2 Å². The molecule has 4 aromatic carbocycles. The van der Waals surface area contributed by atoms with Gasteiger partial charge >= 0.3 is 0 Å². The summed E-state index contributed by atoms with van der Waals surface area (Å²) in [6.07, 6.45) is 8.56. The average molecular weight is 372 g/mol. The molecule has 0 spiro atoms. The first-order valence-electron chi connectivity index (χ1n) is 9.78. The number of benzene rings is 4. The van der Waals surface area contributed by atoms with Crippen LogP contribution in [-0.4, -0.2) is 0 Å². The van der Waals surface area contributed by atoms with Gasteiger partial charge in [0.2, 0.25) is 0 Å². The van der Waals surface area contributed by atoms with Gasteiger partial charge < -0.3 is 4.42 Å². The van der Waals surface area contributed by atoms with Crippen molar-refractivity contribution >= 4 is 46.2 Å². The van der Waals surface area contributed by atoms with E-state index in [-0.39, 0.29) is 0 Å². The summed E-state index contributed by atoms with van der Waals surface area (Å²) in [5.41, 5.74) is 6.54. The molecule has 0 radical (unpaired) electrons. The third-order valence-corrected chi connectivity index (χ3v) is 5.05. The van der Waals surface area contributed by atoms with Gasteiger partial charge in [-0.1, -0.05) is 97.1 Å². The fourth-order valence-corrected chi connectivity index (χ4v) is 3.53. The van der Waals surface area contributed by atoms with Crippen molar-refractivity contribution in [2.24, 2.45) is 0 Å². The molecule has 0 atom stereocenters. The Morgan fingerprint density at radius 3 is 1.28 bits per heavy atom. The van der Waals surface area contributed by atoms with Crippen LogP contribution in [0.25, 0.3) is 46.2 Å². The molecule has 1 heterocycles. The van der Waals surface area contributed by atoms with Crippen LogP contribution in [0.5, 0.6) is 0 Å². The molecule has 0 aliphatic heterocycles. The minimum atomic E-state index is 0.918. The molecular formula is C28H20O. The highest BCUT2D eigenvalue weighted by molar-refractivity contribution is 6.06. The molecule has 0 unspecified atom stereocenters. The van der Waals surface area contributed by atoms with E-state index in [0.29, 0.717) is 0 Å². The minimum absolute atomic E-state index is 0.918. The van der Waals surface area contributed by atoms with Crippen molar-refractivity contribution < 1.29 is 4.42 Å². The molecule has 0 N–H and O–H groups in total. The van der Waals surface area contributed by atoms with E-state index in [1.807, 2.05) is 12.1 Å². The van der Waals surface area contributed by atoms with Crippen LogP contribution in [0, 0.1) is 0 Å². The van der Waals surface area contributed by atoms with E-state index in [1.165, 1.54) is 11.1 Å². The zero-order valence-corrected chi connectivity index (χ0v) is 16.0. The number of furan rings is 1. The largest absolute Gasteiger partial charge is 0.456 e. The highest BCUT2D eigenvalue weighted by Gasteiger charge is 2.07. The minimum Gasteiger partial charge on any atom is -0.456 e. The average Bonchev–Trinajstić information content (AvgIpc) is 3.15. The molecule has 1 nitrogen and oxygen atoms in total. The summed E-state index contributed by atoms with van der Waals surface area (Å²) in [7, 11) is 0. The van der Waals surface area contributed by atoms with Crippen molar-refractivity contribution in [1.82, 2.24) is 0 Å². The van der Waals surface area contributed by atoms with Gasteiger partial charge in [-0.05, 0) is 46.5 Å². The Balaban J connectivity index is 1.51. The first kappa shape index (κ1) is 17.3. The summed E-state index contributed by atoms with van der Waals surface area (Å²) in [5, 5.41) is 2.29. The van der Waals surface area contributed by atoms with Gasteiger partial charge in [0, 0.05) is 10.8 Å². The van der Waals surface area contributed by atoms with Crippen LogP contribution < -0.4 is 0 Å². The Labute approximate surface area is 170 Å². The summed E-state index contributed by atoms with van der Waals surface area (Å²) in [6.45, 7) is 0. The molecule has 0 saturated heterocycles. The first-order valence-corrected chi connectivity index (χ1v) is 9.78. The third-order valence-electron chi connectivity index (χ3n) is 5.05. The topological polar surface area (TPSA) is 13.1 Å². The Bertz CT molecular complexity index is 1220. The summed E-state index contributed by atoms with van der Waals surface area (Å²) in [6, 6.07) is 33.4. The van der Waals surface area contributed by atoms with E-state index in [2.05, 4.69) is 109 Å². The van der Waals surface area contributed by atoms with E-state index < -0.39 is 0 Å². The molecule has 1 heteroatoms. The second-order valence-electron chi connectivity index (χ2n) is 7.10. The number of rotatable bonds is 4. The molecule has 5 rings (SSSR count). The lowest BCUT2D eigenvalue weighted by molar-refractivity contribution is 0.669. The predicted octanol–water partition coefficient (Wildman–Crippen LogP) is 7.93. The van der Waals surface area contributed by atoms with E-state index in [0.717, 1.165) is 33.1 Å². The second-order valence-corrected chi connectivity index (χ2v) is 7.10. The number of fused-ring (bicyclic) bond motifs is 3. The van der Waals surface area contributed by atoms with Gasteiger partial charge in [-0.3, -0.25) is 0 Å². The summed E-state index contributed by atoms with van der Waals surface area (Å²) < 4.78 is 6.04. The molecule has 5 aromatic rings. The van der Waals surface area contributed by atoms with Crippen LogP contribution in [0.15, 0.2) is 101 Å². The highest BCUT2D eigenvalue weighted by atomic mass is 16.3. The smallest absolute Gasteiger partial charge is 0.135 e. The lowest BCUT2D eigenvalue weighted by atomic mass is 10.1. The van der Waals surface area contributed by atoms with E-state index in [1.54, 1.807) is 0 Å². The van der Waals surface area contributed by atoms with Crippen molar-refractivity contribution in [3.8, 4) is 0 Å². The normalized spacial score (nSPS) is 11.9. The molecule has 0 saturated carbocycles. The molecular weight excluding hydrogens is 352 g/mol. The van der Waals surface area contributed by atoms with Gasteiger partial charge in [-0.15, -0.1) is 0 Å². The number of hydrogen-bond acceptors (Lipinski definition) is 1. The van der Waals surface area contributed by atoms with Gasteiger partial charge in [0.05, 0.1) is 0 Å². The molecule has 1 aromatic heterocycles. The number of hydrogen-bond donors (Lipinski definition) is 0. The molecule has 29 heavy (non-hydrogen) atoms. The van der Waals surface area contributed by atoms with E-state index in [9.17, 15) is 0 Å². The third kappa shape index (κ3) is 3.76. The molecule has 0 bridgehead atoms. The van der Waals surface area contributed by atoms with Crippen molar-refractivity contribution in [1.29, 1.82) is 0 Å². The maximum Gasteiger partial charge on any atom is 0.135 e. The zero-order chi connectivity index (χ0) is 19.5. The Morgan fingerprint density at radius 2 is 0.828 bits per heavy atom. The van der Waals surface area contributed by atoms with Crippen molar-refractivity contribution in [3.63, 3.8) is 0 Å². The van der Waals surface area contributed by atoms with Crippen LogP contribution in [-0.2, 0) is 0 Å². The first-order chi connectivity index (χ1) is 14.3. The Hall–Kier alpha value is -3.84. The van der Waals surface area contributed by atoms with Crippen molar-refractivity contribution in [2.45, 2.75) is 0 Å². The van der Waals surface area contributed by atoms with Gasteiger partial charge in [-0.2, -0.15) is 0 Å². The van der Waals surface area contributed by atoms with Crippen molar-refractivity contribution in [2.75, 3.05) is 0 Å². The molecule has 0 aliphatic rings. The molecule has 138 valence electrons. The van der Waals surface area contributed by atoms with Crippen LogP contribution in [0.1, 0.15) is 22.3 Å². The SMILES string of the molecule is C(=C/c1ccc2oc3ccc(/C=C\c4ccccc4)cc3c2c1)/c1ccccc1. The standard InChI is InChI=1S/C28H20O/c1-3-7-21(8-4-1)11-13-23-15-17-27-25(19-23)26-20-24(16-18-28(26)29-27)14-12-22-9-5-2-6-10-22/h1-20H/b13-11-,14-12-. The summed E-state index contributed by atoms with van der Waals surface area (Å²) >= 11 is 0. The fourth-order valence-electron chi connectivity index (χ4n) is 3.53. The van der Waals surface area contributed by atoms with Gasteiger partial charge in [0.15, 0.2) is 0 Å². The van der Waals surface area contributed by atoms with Crippen molar-refractivity contribution in [3.05, 3.63) is 119 Å². The van der Waals surface area contributed by atoms with Gasteiger partial charge in [0.25, 0.3) is 0 Å². The maximum absolute atomic E-state index is 6.04. The van der Waals surface area contributed by atoms with Crippen LogP contribution in [0.4, 0.5) is 0 Å². The van der Waals surface area contributed by atoms with Crippen LogP contribution in [0.2, 0.25) is 0 Å². The Morgan fingerprint density at radius 1 is 0.414 bits per heavy atom. The van der Waals surface area contributed by atoms with E-state index in [4.69, 9.17) is 4.42 Å². The fraction of sp³-hybridized carbons (Fsp3) is 0. The lowest BCUT2D eigenvalue weighted by Crippen LogP contribution is -1.75.